The third kappa shape index (κ3) is 7.78. The second-order valence-electron chi connectivity index (χ2n) is 9.98. The first-order chi connectivity index (χ1) is 20.0. The first-order valence-electron chi connectivity index (χ1n) is 12.7. The maximum atomic E-state index is 13.3. The molecule has 4 aromatic rings. The Balaban J connectivity index is 1.57. The lowest BCUT2D eigenvalue weighted by atomic mass is 9.87. The molecule has 0 saturated heterocycles. The van der Waals surface area contributed by atoms with Gasteiger partial charge in [-0.3, -0.25) is 4.72 Å². The van der Waals surface area contributed by atoms with Crippen molar-refractivity contribution in [2.45, 2.75) is 37.7 Å². The molecule has 42 heavy (non-hydrogen) atoms. The molecule has 222 valence electrons. The predicted molar refractivity (Wildman–Crippen MR) is 155 cm³/mol. The van der Waals surface area contributed by atoms with E-state index in [0.717, 1.165) is 5.56 Å². The highest BCUT2D eigenvalue weighted by molar-refractivity contribution is 7.92. The molecule has 4 rings (SSSR count). The van der Waals surface area contributed by atoms with Gasteiger partial charge >= 0.3 is 5.97 Å². The Morgan fingerprint density at radius 3 is 2.48 bits per heavy atom. The van der Waals surface area contributed by atoms with Gasteiger partial charge in [-0.15, -0.1) is 0 Å². The SMILES string of the molecule is COc1ccc(Cl)c(Oc2c(COCCOC(=O)c3ccoc3)ncnc2NS(=O)(=O)c2ccc(C(C)(C)C)cc2)c1. The van der Waals surface area contributed by atoms with Gasteiger partial charge in [0.1, 0.15) is 36.4 Å². The number of hydrogen-bond acceptors (Lipinski definition) is 10. The topological polar surface area (TPSA) is 139 Å². The molecule has 0 spiro atoms. The van der Waals surface area contributed by atoms with Crippen molar-refractivity contribution in [1.29, 1.82) is 0 Å². The number of methoxy groups -OCH3 is 1. The van der Waals surface area contributed by atoms with Crippen LogP contribution >= 0.6 is 11.6 Å². The Hall–Kier alpha value is -4.13. The van der Waals surface area contributed by atoms with Gasteiger partial charge in [-0.25, -0.2) is 23.2 Å². The first kappa shape index (κ1) is 30.8. The number of esters is 1. The van der Waals surface area contributed by atoms with E-state index in [1.807, 2.05) is 20.8 Å². The maximum Gasteiger partial charge on any atom is 0.341 e. The highest BCUT2D eigenvalue weighted by Crippen LogP contribution is 2.37. The van der Waals surface area contributed by atoms with Crippen molar-refractivity contribution in [3.05, 3.63) is 89.2 Å². The molecule has 11 nitrogen and oxygen atoms in total. The van der Waals surface area contributed by atoms with Crippen LogP contribution in [0.15, 0.2) is 76.7 Å². The Bertz CT molecular complexity index is 1620. The second-order valence-corrected chi connectivity index (χ2v) is 12.1. The molecule has 0 aliphatic rings. The summed E-state index contributed by atoms with van der Waals surface area (Å²) >= 11 is 6.36. The van der Waals surface area contributed by atoms with Crippen molar-refractivity contribution >= 4 is 33.4 Å². The lowest BCUT2D eigenvalue weighted by Gasteiger charge is -2.19. The lowest BCUT2D eigenvalue weighted by molar-refractivity contribution is 0.0280. The van der Waals surface area contributed by atoms with E-state index >= 15 is 0 Å². The molecule has 0 atom stereocenters. The number of sulfonamides is 1. The molecule has 0 aliphatic carbocycles. The number of rotatable bonds is 12. The number of benzene rings is 2. The number of halogens is 1. The number of hydrogen-bond donors (Lipinski definition) is 1. The molecule has 0 amide bonds. The van der Waals surface area contributed by atoms with Crippen molar-refractivity contribution in [3.8, 4) is 17.2 Å². The summed E-state index contributed by atoms with van der Waals surface area (Å²) in [5, 5.41) is 0.240. The molecule has 0 bridgehead atoms. The summed E-state index contributed by atoms with van der Waals surface area (Å²) in [6.07, 6.45) is 3.82. The predicted octanol–water partition coefficient (Wildman–Crippen LogP) is 6.00. The van der Waals surface area contributed by atoms with E-state index in [-0.39, 0.29) is 63.7 Å². The van der Waals surface area contributed by atoms with E-state index in [0.29, 0.717) is 5.75 Å². The minimum atomic E-state index is -4.07. The van der Waals surface area contributed by atoms with Crippen molar-refractivity contribution in [2.75, 3.05) is 25.0 Å². The number of furan rings is 1. The third-order valence-electron chi connectivity index (χ3n) is 5.95. The average molecular weight is 616 g/mol. The summed E-state index contributed by atoms with van der Waals surface area (Å²) in [4.78, 5) is 20.4. The molecule has 0 radical (unpaired) electrons. The summed E-state index contributed by atoms with van der Waals surface area (Å²) in [5.74, 6) is -0.0781. The van der Waals surface area contributed by atoms with Crippen molar-refractivity contribution in [1.82, 2.24) is 9.97 Å². The van der Waals surface area contributed by atoms with Gasteiger partial charge < -0.3 is 23.4 Å². The van der Waals surface area contributed by atoms with Crippen LogP contribution in [0.2, 0.25) is 5.02 Å². The highest BCUT2D eigenvalue weighted by atomic mass is 35.5. The van der Waals surface area contributed by atoms with Crippen LogP contribution in [0.1, 0.15) is 42.4 Å². The number of anilines is 1. The van der Waals surface area contributed by atoms with Gasteiger partial charge in [0.25, 0.3) is 10.0 Å². The average Bonchev–Trinajstić information content (AvgIpc) is 3.50. The molecule has 2 heterocycles. The zero-order valence-electron chi connectivity index (χ0n) is 23.4. The number of carbonyl (C=O) groups excluding carboxylic acids is 1. The van der Waals surface area contributed by atoms with Crippen molar-refractivity contribution in [2.24, 2.45) is 0 Å². The molecule has 0 saturated carbocycles. The van der Waals surface area contributed by atoms with Crippen molar-refractivity contribution < 1.29 is 36.6 Å². The normalized spacial score (nSPS) is 11.6. The van der Waals surface area contributed by atoms with Crippen LogP contribution in [0.4, 0.5) is 5.82 Å². The molecule has 2 aromatic heterocycles. The zero-order chi connectivity index (χ0) is 30.3. The summed E-state index contributed by atoms with van der Waals surface area (Å²) in [6, 6.07) is 12.8. The Morgan fingerprint density at radius 2 is 1.81 bits per heavy atom. The van der Waals surface area contributed by atoms with Gasteiger partial charge in [-0.05, 0) is 41.3 Å². The minimum absolute atomic E-state index is 0.0220. The number of nitrogens with one attached hydrogen (secondary N) is 1. The van der Waals surface area contributed by atoms with E-state index < -0.39 is 16.0 Å². The molecule has 0 unspecified atom stereocenters. The monoisotopic (exact) mass is 615 g/mol. The van der Waals surface area contributed by atoms with Crippen molar-refractivity contribution in [3.63, 3.8) is 0 Å². The second kappa shape index (κ2) is 13.2. The van der Waals surface area contributed by atoms with Gasteiger partial charge in [-0.2, -0.15) is 0 Å². The van der Waals surface area contributed by atoms with Crippen LogP contribution in [0.3, 0.4) is 0 Å². The lowest BCUT2D eigenvalue weighted by Crippen LogP contribution is -2.17. The van der Waals surface area contributed by atoms with Gasteiger partial charge in [-0.1, -0.05) is 44.5 Å². The van der Waals surface area contributed by atoms with E-state index in [4.69, 9.17) is 35.0 Å². The number of carbonyl (C=O) groups is 1. The fourth-order valence-electron chi connectivity index (χ4n) is 3.64. The summed E-state index contributed by atoms with van der Waals surface area (Å²) in [7, 11) is -2.59. The van der Waals surface area contributed by atoms with Crippen LogP contribution in [0.25, 0.3) is 0 Å². The van der Waals surface area contributed by atoms with E-state index in [1.165, 1.54) is 44.2 Å². The third-order valence-corrected chi connectivity index (χ3v) is 7.61. The van der Waals surface area contributed by atoms with Gasteiger partial charge in [0, 0.05) is 6.07 Å². The molecular formula is C29H30ClN3O8S. The van der Waals surface area contributed by atoms with Crippen LogP contribution in [0, 0.1) is 0 Å². The number of ether oxygens (including phenoxy) is 4. The van der Waals surface area contributed by atoms with Gasteiger partial charge in [0.2, 0.25) is 0 Å². The minimum Gasteiger partial charge on any atom is -0.497 e. The van der Waals surface area contributed by atoms with Gasteiger partial charge in [0.05, 0.1) is 42.1 Å². The zero-order valence-corrected chi connectivity index (χ0v) is 25.0. The Labute approximate surface area is 248 Å². The summed E-state index contributed by atoms with van der Waals surface area (Å²) in [6.45, 7) is 5.96. The van der Waals surface area contributed by atoms with E-state index in [9.17, 15) is 13.2 Å². The molecule has 0 fully saturated rings. The van der Waals surface area contributed by atoms with Crippen LogP contribution < -0.4 is 14.2 Å². The number of aromatic nitrogens is 2. The summed E-state index contributed by atoms with van der Waals surface area (Å²) < 4.78 is 56.2. The van der Waals surface area contributed by atoms with E-state index in [2.05, 4.69) is 14.7 Å². The first-order valence-corrected chi connectivity index (χ1v) is 14.6. The van der Waals surface area contributed by atoms with Crippen LogP contribution in [-0.4, -0.2) is 44.7 Å². The fourth-order valence-corrected chi connectivity index (χ4v) is 4.81. The Morgan fingerprint density at radius 1 is 1.05 bits per heavy atom. The smallest absolute Gasteiger partial charge is 0.341 e. The standard InChI is InChI=1S/C29H30ClN3O8S/c1-29(2,3)20-5-8-22(9-6-20)42(35,36)33-27-26(41-25-15-21(37-4)7-10-23(25)30)24(31-18-32-27)17-39-13-14-40-28(34)19-11-12-38-16-19/h5-12,15-16,18H,13-14,17H2,1-4H3,(H,31,32,33). The molecular weight excluding hydrogens is 586 g/mol. The molecule has 1 N–H and O–H groups in total. The van der Waals surface area contributed by atoms with E-state index in [1.54, 1.807) is 30.3 Å². The Kier molecular flexibility index (Phi) is 9.71. The maximum absolute atomic E-state index is 13.3. The quantitative estimate of drug-likeness (QED) is 0.149. The highest BCUT2D eigenvalue weighted by Gasteiger charge is 2.23. The molecule has 2 aromatic carbocycles. The van der Waals surface area contributed by atoms with Gasteiger partial charge in [0.15, 0.2) is 11.6 Å². The molecule has 13 heteroatoms. The molecule has 0 aliphatic heterocycles. The largest absolute Gasteiger partial charge is 0.497 e. The van der Waals surface area contributed by atoms with Crippen LogP contribution in [-0.2, 0) is 31.5 Å². The fraction of sp³-hybridized carbons (Fsp3) is 0.276. The van der Waals surface area contributed by atoms with Crippen LogP contribution in [0.5, 0.6) is 17.2 Å². The summed E-state index contributed by atoms with van der Waals surface area (Å²) in [5.41, 5.74) is 1.33. The number of nitrogens with zero attached hydrogens (tertiary/aromatic N) is 2.